The number of rotatable bonds is 6. The van der Waals surface area contributed by atoms with Crippen LogP contribution in [0.5, 0.6) is 5.75 Å². The topological polar surface area (TPSA) is 61.6 Å². The number of nitrogens with two attached hydrogens (primary N) is 1. The van der Waals surface area contributed by atoms with Gasteiger partial charge in [-0.25, -0.2) is 4.79 Å². The lowest BCUT2D eigenvalue weighted by atomic mass is 9.96. The van der Waals surface area contributed by atoms with Gasteiger partial charge in [0, 0.05) is 16.8 Å². The highest BCUT2D eigenvalue weighted by Crippen LogP contribution is 2.33. The van der Waals surface area contributed by atoms with Crippen molar-refractivity contribution in [2.24, 2.45) is 0 Å². The van der Waals surface area contributed by atoms with Crippen LogP contribution >= 0.6 is 0 Å². The average molecular weight is 382 g/mol. The van der Waals surface area contributed by atoms with Gasteiger partial charge in [0.1, 0.15) is 11.3 Å². The van der Waals surface area contributed by atoms with Crippen LogP contribution in [0.2, 0.25) is 0 Å². The van der Waals surface area contributed by atoms with E-state index in [1.165, 1.54) is 25.3 Å². The molecule has 2 rings (SSSR count). The Kier molecular flexibility index (Phi) is 9.03. The van der Waals surface area contributed by atoms with Crippen LogP contribution in [0, 0.1) is 13.8 Å². The van der Waals surface area contributed by atoms with Crippen LogP contribution < -0.4 is 10.5 Å². The Labute approximate surface area is 168 Å². The Morgan fingerprint density at radius 3 is 2.25 bits per heavy atom. The minimum Gasteiger partial charge on any atom is -0.496 e. The lowest BCUT2D eigenvalue weighted by molar-refractivity contribution is 0.0597. The van der Waals surface area contributed by atoms with Crippen LogP contribution in [-0.2, 0) is 11.2 Å². The van der Waals surface area contributed by atoms with Gasteiger partial charge < -0.3 is 15.2 Å². The van der Waals surface area contributed by atoms with Crippen LogP contribution in [0.1, 0.15) is 46.5 Å². The first-order chi connectivity index (χ1) is 13.4. The number of benzene rings is 2. The van der Waals surface area contributed by atoms with Crippen LogP contribution in [0.3, 0.4) is 0 Å². The van der Waals surface area contributed by atoms with Gasteiger partial charge >= 0.3 is 5.97 Å². The van der Waals surface area contributed by atoms with Crippen LogP contribution in [0.25, 0.3) is 6.08 Å². The van der Waals surface area contributed by atoms with E-state index < -0.39 is 5.97 Å². The first-order valence-electron chi connectivity index (χ1n) is 9.35. The number of methoxy groups -OCH3 is 2. The highest BCUT2D eigenvalue weighted by atomic mass is 16.5. The summed E-state index contributed by atoms with van der Waals surface area (Å²) < 4.78 is 10.2. The molecular weight excluding hydrogens is 350 g/mol. The predicted octanol–water partition coefficient (Wildman–Crippen LogP) is 5.52. The molecule has 0 unspecified atom stereocenters. The second kappa shape index (κ2) is 11.0. The minimum atomic E-state index is -0.476. The summed E-state index contributed by atoms with van der Waals surface area (Å²) in [5.74, 6) is -0.00757. The number of anilines is 1. The summed E-state index contributed by atoms with van der Waals surface area (Å²) in [6.07, 6.45) is 4.55. The lowest BCUT2D eigenvalue weighted by Crippen LogP contribution is -2.08. The summed E-state index contributed by atoms with van der Waals surface area (Å²) in [6, 6.07) is 9.97. The Balaban J connectivity index is 0.00000190. The maximum atomic E-state index is 12.0. The van der Waals surface area contributed by atoms with E-state index in [1.54, 1.807) is 6.07 Å². The molecule has 0 spiro atoms. The summed E-state index contributed by atoms with van der Waals surface area (Å²) in [7, 11) is 2.86. The van der Waals surface area contributed by atoms with E-state index >= 15 is 0 Å². The van der Waals surface area contributed by atoms with Crippen LogP contribution in [0.4, 0.5) is 5.69 Å². The van der Waals surface area contributed by atoms with Crippen molar-refractivity contribution >= 4 is 17.7 Å². The number of ether oxygens (including phenoxy) is 2. The van der Waals surface area contributed by atoms with Gasteiger partial charge in [-0.15, -0.1) is 0 Å². The molecule has 0 saturated heterocycles. The lowest BCUT2D eigenvalue weighted by Gasteiger charge is -2.15. The van der Waals surface area contributed by atoms with Crippen LogP contribution in [-0.4, -0.2) is 20.2 Å². The number of nitrogen functional groups attached to an aromatic ring is 1. The fourth-order valence-corrected chi connectivity index (χ4v) is 2.86. The summed E-state index contributed by atoms with van der Waals surface area (Å²) in [6.45, 7) is 11.9. The number of esters is 1. The highest BCUT2D eigenvalue weighted by molar-refractivity contribution is 5.95. The van der Waals surface area contributed by atoms with Crippen molar-refractivity contribution in [3.63, 3.8) is 0 Å². The molecule has 0 atom stereocenters. The van der Waals surface area contributed by atoms with Gasteiger partial charge in [0.05, 0.1) is 14.2 Å². The third kappa shape index (κ3) is 5.49. The quantitative estimate of drug-likeness (QED) is 0.407. The third-order valence-corrected chi connectivity index (χ3v) is 4.33. The van der Waals surface area contributed by atoms with Crippen LogP contribution in [0.15, 0.2) is 48.6 Å². The van der Waals surface area contributed by atoms with Crippen molar-refractivity contribution in [1.82, 2.24) is 0 Å². The largest absolute Gasteiger partial charge is 0.496 e. The molecule has 0 aliphatic carbocycles. The smallest absolute Gasteiger partial charge is 0.341 e. The van der Waals surface area contributed by atoms with E-state index in [-0.39, 0.29) is 0 Å². The molecule has 0 heterocycles. The molecule has 4 nitrogen and oxygen atoms in total. The molecule has 0 aliphatic rings. The fraction of sp³-hybridized carbons (Fsp3) is 0.292. The average Bonchev–Trinajstić information content (AvgIpc) is 2.72. The van der Waals surface area contributed by atoms with E-state index in [0.29, 0.717) is 17.0 Å². The molecule has 0 fully saturated rings. The van der Waals surface area contributed by atoms with Gasteiger partial charge in [-0.2, -0.15) is 0 Å². The fourth-order valence-electron chi connectivity index (χ4n) is 2.86. The SMILES string of the molecule is C=C/C(=C\c1c(N)cc(C(=O)OC)c(OC)c1C)Cc1ccc(C)cc1.CC. The zero-order chi connectivity index (χ0) is 21.3. The molecule has 0 amide bonds. The molecule has 4 heteroatoms. The summed E-state index contributed by atoms with van der Waals surface area (Å²) >= 11 is 0. The highest BCUT2D eigenvalue weighted by Gasteiger charge is 2.19. The molecule has 2 N–H and O–H groups in total. The van der Waals surface area contributed by atoms with Crippen molar-refractivity contribution in [1.29, 1.82) is 0 Å². The monoisotopic (exact) mass is 381 g/mol. The van der Waals surface area contributed by atoms with Crippen molar-refractivity contribution in [3.05, 3.63) is 76.4 Å². The molecular formula is C24H31NO3. The number of aryl methyl sites for hydroxylation is 1. The number of carbonyl (C=O) groups excluding carboxylic acids is 1. The van der Waals surface area contributed by atoms with E-state index in [0.717, 1.165) is 23.1 Å². The van der Waals surface area contributed by atoms with Gasteiger partial charge in [0.25, 0.3) is 0 Å². The van der Waals surface area contributed by atoms with Crippen molar-refractivity contribution in [2.75, 3.05) is 20.0 Å². The predicted molar refractivity (Wildman–Crippen MR) is 118 cm³/mol. The molecule has 2 aromatic rings. The Bertz CT molecular complexity index is 849. The van der Waals surface area contributed by atoms with Gasteiger partial charge in [0.15, 0.2) is 0 Å². The molecule has 0 bridgehead atoms. The molecule has 28 heavy (non-hydrogen) atoms. The van der Waals surface area contributed by atoms with Gasteiger partial charge in [0.2, 0.25) is 0 Å². The first kappa shape index (κ1) is 23.0. The Morgan fingerprint density at radius 1 is 1.14 bits per heavy atom. The van der Waals surface area contributed by atoms with Crippen molar-refractivity contribution < 1.29 is 14.3 Å². The third-order valence-electron chi connectivity index (χ3n) is 4.33. The van der Waals surface area contributed by atoms with Crippen molar-refractivity contribution in [2.45, 2.75) is 34.1 Å². The van der Waals surface area contributed by atoms with E-state index in [9.17, 15) is 4.79 Å². The zero-order valence-electron chi connectivity index (χ0n) is 17.8. The second-order valence-corrected chi connectivity index (χ2v) is 6.16. The molecule has 0 aromatic heterocycles. The summed E-state index contributed by atoms with van der Waals surface area (Å²) in [5, 5.41) is 0. The Hall–Kier alpha value is -3.01. The van der Waals surface area contributed by atoms with E-state index in [1.807, 2.05) is 32.9 Å². The molecule has 2 aromatic carbocycles. The summed E-state index contributed by atoms with van der Waals surface area (Å²) in [4.78, 5) is 12.0. The van der Waals surface area contributed by atoms with Gasteiger partial charge in [-0.05, 0) is 43.5 Å². The molecule has 0 saturated carbocycles. The van der Waals surface area contributed by atoms with E-state index in [2.05, 4.69) is 37.8 Å². The molecule has 0 radical (unpaired) electrons. The maximum Gasteiger partial charge on any atom is 0.341 e. The number of allylic oxidation sites excluding steroid dienone is 2. The van der Waals surface area contributed by atoms with Gasteiger partial charge in [-0.3, -0.25) is 0 Å². The van der Waals surface area contributed by atoms with Crippen molar-refractivity contribution in [3.8, 4) is 5.75 Å². The maximum absolute atomic E-state index is 12.0. The van der Waals surface area contributed by atoms with E-state index in [4.69, 9.17) is 15.2 Å². The number of carbonyl (C=O) groups is 1. The zero-order valence-corrected chi connectivity index (χ0v) is 17.8. The Morgan fingerprint density at radius 2 is 1.75 bits per heavy atom. The number of hydrogen-bond donors (Lipinski definition) is 1. The normalized spacial score (nSPS) is 10.6. The summed E-state index contributed by atoms with van der Waals surface area (Å²) in [5.41, 5.74) is 12.1. The second-order valence-electron chi connectivity index (χ2n) is 6.16. The first-order valence-corrected chi connectivity index (χ1v) is 9.35. The minimum absolute atomic E-state index is 0.320. The number of hydrogen-bond acceptors (Lipinski definition) is 4. The molecule has 0 aliphatic heterocycles. The molecule has 150 valence electrons. The standard InChI is InChI=1S/C22H25NO3.C2H6/c1-6-16(11-17-9-7-14(2)8-10-17)12-18-15(3)21(25-4)19(13-20(18)23)22(24)26-5;1-2/h6-10,12-13H,1,11,23H2,2-5H3;1-2H3/b16-12+;. The van der Waals surface area contributed by atoms with Gasteiger partial charge in [-0.1, -0.05) is 56.3 Å².